The first-order chi connectivity index (χ1) is 7.61. The molecule has 0 atom stereocenters. The van der Waals surface area contributed by atoms with Crippen molar-refractivity contribution in [2.75, 3.05) is 13.7 Å². The predicted molar refractivity (Wildman–Crippen MR) is 60.9 cm³/mol. The summed E-state index contributed by atoms with van der Waals surface area (Å²) >= 11 is 3.31. The average molecular weight is 284 g/mol. The molecule has 1 aromatic carbocycles. The summed E-state index contributed by atoms with van der Waals surface area (Å²) in [7, 11) is 1.31. The van der Waals surface area contributed by atoms with Crippen molar-refractivity contribution in [3.05, 3.63) is 33.8 Å². The number of fused-ring (bicyclic) bond motifs is 1. The molecule has 1 aliphatic rings. The highest BCUT2D eigenvalue weighted by Crippen LogP contribution is 2.25. The van der Waals surface area contributed by atoms with E-state index in [1.165, 1.54) is 12.0 Å². The third-order valence-corrected chi connectivity index (χ3v) is 2.99. The van der Waals surface area contributed by atoms with Crippen LogP contribution < -0.4 is 0 Å². The van der Waals surface area contributed by atoms with Crippen LogP contribution >= 0.6 is 15.9 Å². The lowest BCUT2D eigenvalue weighted by Crippen LogP contribution is -2.30. The van der Waals surface area contributed by atoms with E-state index in [-0.39, 0.29) is 12.5 Å². The smallest absolute Gasteiger partial charge is 0.325 e. The Morgan fingerprint density at radius 2 is 2.31 bits per heavy atom. The fourth-order valence-electron chi connectivity index (χ4n) is 1.68. The van der Waals surface area contributed by atoms with Crippen molar-refractivity contribution < 1.29 is 14.3 Å². The van der Waals surface area contributed by atoms with Crippen LogP contribution in [0.15, 0.2) is 22.7 Å². The Morgan fingerprint density at radius 3 is 3.00 bits per heavy atom. The quantitative estimate of drug-likeness (QED) is 0.775. The molecular formula is C11H10BrNO3. The van der Waals surface area contributed by atoms with E-state index in [1.54, 1.807) is 6.07 Å². The summed E-state index contributed by atoms with van der Waals surface area (Å²) in [5.41, 5.74) is 1.59. The Morgan fingerprint density at radius 1 is 1.56 bits per heavy atom. The number of hydrogen-bond acceptors (Lipinski definition) is 3. The van der Waals surface area contributed by atoms with Crippen LogP contribution in [0, 0.1) is 0 Å². The number of carbonyl (C=O) groups is 2. The molecule has 2 rings (SSSR count). The number of halogens is 1. The zero-order valence-electron chi connectivity index (χ0n) is 8.70. The van der Waals surface area contributed by atoms with Crippen molar-refractivity contribution in [2.45, 2.75) is 6.54 Å². The van der Waals surface area contributed by atoms with E-state index in [1.807, 2.05) is 12.1 Å². The maximum atomic E-state index is 11.9. The molecule has 1 heterocycles. The lowest BCUT2D eigenvalue weighted by atomic mass is 10.1. The zero-order valence-corrected chi connectivity index (χ0v) is 10.3. The molecule has 4 nitrogen and oxygen atoms in total. The molecule has 0 N–H and O–H groups in total. The van der Waals surface area contributed by atoms with E-state index >= 15 is 0 Å². The molecule has 1 aliphatic heterocycles. The summed E-state index contributed by atoms with van der Waals surface area (Å²) in [4.78, 5) is 24.5. The molecule has 0 saturated heterocycles. The van der Waals surface area contributed by atoms with E-state index in [9.17, 15) is 9.59 Å². The number of amides is 1. The Bertz CT molecular complexity index is 459. The Labute approximate surface area is 101 Å². The minimum atomic E-state index is -0.403. The highest BCUT2D eigenvalue weighted by Gasteiger charge is 2.28. The largest absolute Gasteiger partial charge is 0.468 e. The average Bonchev–Trinajstić information content (AvgIpc) is 2.56. The molecule has 0 saturated carbocycles. The first-order valence-corrected chi connectivity index (χ1v) is 5.55. The third-order valence-electron chi connectivity index (χ3n) is 2.50. The number of hydrogen-bond donors (Lipinski definition) is 0. The second-order valence-electron chi connectivity index (χ2n) is 3.54. The van der Waals surface area contributed by atoms with Gasteiger partial charge in [0.15, 0.2) is 0 Å². The van der Waals surface area contributed by atoms with Crippen molar-refractivity contribution >= 4 is 27.8 Å². The maximum absolute atomic E-state index is 11.9. The number of ether oxygens (including phenoxy) is 1. The van der Waals surface area contributed by atoms with Crippen LogP contribution in [0.3, 0.4) is 0 Å². The lowest BCUT2D eigenvalue weighted by Gasteiger charge is -2.12. The van der Waals surface area contributed by atoms with Gasteiger partial charge in [-0.2, -0.15) is 0 Å². The molecule has 0 radical (unpaired) electrons. The maximum Gasteiger partial charge on any atom is 0.325 e. The number of rotatable bonds is 2. The molecule has 16 heavy (non-hydrogen) atoms. The summed E-state index contributed by atoms with van der Waals surface area (Å²) in [6.07, 6.45) is 0. The van der Waals surface area contributed by atoms with Gasteiger partial charge in [0.1, 0.15) is 6.54 Å². The van der Waals surface area contributed by atoms with Crippen molar-refractivity contribution in [1.29, 1.82) is 0 Å². The predicted octanol–water partition coefficient (Wildman–Crippen LogP) is 1.58. The minimum absolute atomic E-state index is 0.00162. The topological polar surface area (TPSA) is 46.6 Å². The zero-order chi connectivity index (χ0) is 11.7. The molecule has 0 bridgehead atoms. The molecule has 0 fully saturated rings. The normalized spacial score (nSPS) is 13.9. The van der Waals surface area contributed by atoms with Gasteiger partial charge in [-0.05, 0) is 17.7 Å². The second-order valence-corrected chi connectivity index (χ2v) is 4.45. The fourth-order valence-corrected chi connectivity index (χ4v) is 2.04. The van der Waals surface area contributed by atoms with Gasteiger partial charge >= 0.3 is 5.97 Å². The standard InChI is InChI=1S/C11H10BrNO3/c1-16-10(14)6-13-5-7-2-3-8(12)4-9(7)11(13)15/h2-4H,5-6H2,1H3. The van der Waals surface area contributed by atoms with Crippen molar-refractivity contribution in [3.8, 4) is 0 Å². The van der Waals surface area contributed by atoms with Crippen LogP contribution in [0.5, 0.6) is 0 Å². The second kappa shape index (κ2) is 4.25. The molecular weight excluding hydrogens is 274 g/mol. The van der Waals surface area contributed by atoms with Gasteiger partial charge in [0.25, 0.3) is 5.91 Å². The van der Waals surface area contributed by atoms with Crippen LogP contribution in [-0.2, 0) is 16.1 Å². The van der Waals surface area contributed by atoms with Crippen LogP contribution in [0.2, 0.25) is 0 Å². The molecule has 0 spiro atoms. The number of methoxy groups -OCH3 is 1. The summed E-state index contributed by atoms with van der Waals surface area (Å²) in [6, 6.07) is 5.54. The number of esters is 1. The van der Waals surface area contributed by atoms with Gasteiger partial charge in [-0.3, -0.25) is 9.59 Å². The molecule has 0 aromatic heterocycles. The number of carbonyl (C=O) groups excluding carboxylic acids is 2. The number of nitrogens with zero attached hydrogens (tertiary/aromatic N) is 1. The molecule has 1 aromatic rings. The van der Waals surface area contributed by atoms with E-state index < -0.39 is 5.97 Å². The van der Waals surface area contributed by atoms with Gasteiger partial charge in [0, 0.05) is 16.6 Å². The van der Waals surface area contributed by atoms with E-state index in [0.717, 1.165) is 10.0 Å². The lowest BCUT2D eigenvalue weighted by molar-refractivity contribution is -0.141. The Balaban J connectivity index is 2.21. The summed E-state index contributed by atoms with van der Waals surface area (Å²) < 4.78 is 5.40. The van der Waals surface area contributed by atoms with Gasteiger partial charge in [-0.1, -0.05) is 22.0 Å². The molecule has 0 unspecified atom stereocenters. The fraction of sp³-hybridized carbons (Fsp3) is 0.273. The van der Waals surface area contributed by atoms with E-state index in [2.05, 4.69) is 20.7 Å². The first-order valence-electron chi connectivity index (χ1n) is 4.76. The van der Waals surface area contributed by atoms with Crippen LogP contribution in [0.25, 0.3) is 0 Å². The van der Waals surface area contributed by atoms with Crippen molar-refractivity contribution in [3.63, 3.8) is 0 Å². The van der Waals surface area contributed by atoms with E-state index in [4.69, 9.17) is 0 Å². The van der Waals surface area contributed by atoms with Crippen molar-refractivity contribution in [2.24, 2.45) is 0 Å². The third kappa shape index (κ3) is 1.95. The minimum Gasteiger partial charge on any atom is -0.468 e. The van der Waals surface area contributed by atoms with Gasteiger partial charge in [-0.25, -0.2) is 0 Å². The van der Waals surface area contributed by atoms with Gasteiger partial charge in [0.05, 0.1) is 7.11 Å². The molecule has 1 amide bonds. The number of benzene rings is 1. The Kier molecular flexibility index (Phi) is 2.96. The SMILES string of the molecule is COC(=O)CN1Cc2ccc(Br)cc2C1=O. The summed E-state index contributed by atoms with van der Waals surface area (Å²) in [6.45, 7) is 0.470. The van der Waals surface area contributed by atoms with Crippen molar-refractivity contribution in [1.82, 2.24) is 4.90 Å². The van der Waals surface area contributed by atoms with Crippen LogP contribution in [0.4, 0.5) is 0 Å². The van der Waals surface area contributed by atoms with Crippen LogP contribution in [0.1, 0.15) is 15.9 Å². The Hall–Kier alpha value is -1.36. The highest BCUT2D eigenvalue weighted by molar-refractivity contribution is 9.10. The first kappa shape index (κ1) is 11.1. The van der Waals surface area contributed by atoms with E-state index in [0.29, 0.717) is 12.1 Å². The summed E-state index contributed by atoms with van der Waals surface area (Å²) in [5, 5.41) is 0. The molecule has 5 heteroatoms. The van der Waals surface area contributed by atoms with Gasteiger partial charge in [-0.15, -0.1) is 0 Å². The molecule has 84 valence electrons. The van der Waals surface area contributed by atoms with Crippen LogP contribution in [-0.4, -0.2) is 30.4 Å². The summed E-state index contributed by atoms with van der Waals surface area (Å²) in [5.74, 6) is -0.526. The van der Waals surface area contributed by atoms with Gasteiger partial charge in [0.2, 0.25) is 0 Å². The highest BCUT2D eigenvalue weighted by atomic mass is 79.9. The van der Waals surface area contributed by atoms with Gasteiger partial charge < -0.3 is 9.64 Å². The monoisotopic (exact) mass is 283 g/mol. The molecule has 0 aliphatic carbocycles.